The number of hydrogen-bond acceptors (Lipinski definition) is 3. The summed E-state index contributed by atoms with van der Waals surface area (Å²) in [6.07, 6.45) is 4.36. The van der Waals surface area contributed by atoms with Gasteiger partial charge in [-0.25, -0.2) is 0 Å². The fraction of sp³-hybridized carbons (Fsp3) is 0.750. The molecule has 5 heteroatoms. The van der Waals surface area contributed by atoms with Crippen molar-refractivity contribution in [2.24, 2.45) is 0 Å². The van der Waals surface area contributed by atoms with E-state index in [9.17, 15) is 5.11 Å². The Labute approximate surface area is 107 Å². The van der Waals surface area contributed by atoms with Crippen molar-refractivity contribution in [2.45, 2.75) is 51.3 Å². The van der Waals surface area contributed by atoms with Crippen LogP contribution in [0.2, 0.25) is 5.02 Å². The van der Waals surface area contributed by atoms with E-state index in [0.717, 1.165) is 25.1 Å². The van der Waals surface area contributed by atoms with Crippen LogP contribution >= 0.6 is 11.6 Å². The van der Waals surface area contributed by atoms with Crippen LogP contribution in [0.3, 0.4) is 0 Å². The van der Waals surface area contributed by atoms with Gasteiger partial charge in [-0.15, -0.1) is 0 Å². The Balaban J connectivity index is 2.22. The molecule has 0 aliphatic carbocycles. The molecule has 4 nitrogen and oxygen atoms in total. The summed E-state index contributed by atoms with van der Waals surface area (Å²) in [6, 6.07) is 0.297. The van der Waals surface area contributed by atoms with Crippen LogP contribution in [0.25, 0.3) is 0 Å². The van der Waals surface area contributed by atoms with Gasteiger partial charge >= 0.3 is 0 Å². The number of nitrogens with one attached hydrogen (secondary N) is 1. The van der Waals surface area contributed by atoms with E-state index in [0.29, 0.717) is 5.02 Å². The molecule has 0 bridgehead atoms. The number of rotatable bonds is 3. The highest BCUT2D eigenvalue weighted by atomic mass is 35.5. The lowest BCUT2D eigenvalue weighted by Gasteiger charge is -2.29. The van der Waals surface area contributed by atoms with E-state index in [1.165, 1.54) is 6.42 Å². The Morgan fingerprint density at radius 2 is 2.29 bits per heavy atom. The van der Waals surface area contributed by atoms with Crippen LogP contribution in [0.5, 0.6) is 0 Å². The molecule has 0 saturated carbocycles. The van der Waals surface area contributed by atoms with E-state index in [-0.39, 0.29) is 12.1 Å². The summed E-state index contributed by atoms with van der Waals surface area (Å²) in [7, 11) is 0. The van der Waals surface area contributed by atoms with E-state index < -0.39 is 6.10 Å². The van der Waals surface area contributed by atoms with Crippen LogP contribution in [0.15, 0.2) is 6.20 Å². The molecule has 0 aromatic carbocycles. The molecule has 2 unspecified atom stereocenters. The second-order valence-electron chi connectivity index (χ2n) is 4.92. The summed E-state index contributed by atoms with van der Waals surface area (Å²) in [5.74, 6) is 0. The van der Waals surface area contributed by atoms with Crippen LogP contribution in [-0.2, 0) is 0 Å². The van der Waals surface area contributed by atoms with E-state index in [4.69, 9.17) is 11.6 Å². The quantitative estimate of drug-likeness (QED) is 0.874. The highest BCUT2D eigenvalue weighted by Crippen LogP contribution is 2.30. The third-order valence-corrected chi connectivity index (χ3v) is 3.58. The van der Waals surface area contributed by atoms with Gasteiger partial charge in [0.2, 0.25) is 0 Å². The van der Waals surface area contributed by atoms with Crippen molar-refractivity contribution in [1.82, 2.24) is 15.1 Å². The zero-order valence-electron chi connectivity index (χ0n) is 10.4. The third-order valence-electron chi connectivity index (χ3n) is 3.29. The summed E-state index contributed by atoms with van der Waals surface area (Å²) in [4.78, 5) is 0. The van der Waals surface area contributed by atoms with Crippen molar-refractivity contribution in [3.05, 3.63) is 16.9 Å². The summed E-state index contributed by atoms with van der Waals surface area (Å²) < 4.78 is 1.81. The van der Waals surface area contributed by atoms with Crippen LogP contribution in [0, 0.1) is 0 Å². The average molecular weight is 258 g/mol. The Morgan fingerprint density at radius 3 is 2.88 bits per heavy atom. The maximum absolute atomic E-state index is 10.4. The maximum atomic E-state index is 10.4. The normalized spacial score (nSPS) is 23.0. The highest BCUT2D eigenvalue weighted by Gasteiger charge is 2.28. The van der Waals surface area contributed by atoms with Gasteiger partial charge in [0.15, 0.2) is 0 Å². The zero-order valence-corrected chi connectivity index (χ0v) is 11.1. The molecule has 0 spiro atoms. The van der Waals surface area contributed by atoms with Crippen LogP contribution in [0.4, 0.5) is 0 Å². The Bertz CT molecular complexity index is 372. The van der Waals surface area contributed by atoms with Gasteiger partial charge < -0.3 is 10.4 Å². The first-order chi connectivity index (χ1) is 8.11. The molecule has 96 valence electrons. The van der Waals surface area contributed by atoms with Crippen LogP contribution in [-0.4, -0.2) is 27.5 Å². The number of aromatic nitrogens is 2. The molecule has 17 heavy (non-hydrogen) atoms. The molecule has 2 rings (SSSR count). The smallest absolute Gasteiger partial charge is 0.112 e. The summed E-state index contributed by atoms with van der Waals surface area (Å²) in [5, 5.41) is 18.6. The van der Waals surface area contributed by atoms with Crippen molar-refractivity contribution in [2.75, 3.05) is 6.54 Å². The van der Waals surface area contributed by atoms with E-state index in [2.05, 4.69) is 10.4 Å². The van der Waals surface area contributed by atoms with Gasteiger partial charge in [-0.3, -0.25) is 4.68 Å². The minimum atomic E-state index is -0.576. The first-order valence-electron chi connectivity index (χ1n) is 6.25. The molecular formula is C12H20ClN3O. The SMILES string of the molecule is CC(C)n1ncc(Cl)c1C(O)C1CCCCN1. The third kappa shape index (κ3) is 2.64. The van der Waals surface area contributed by atoms with Crippen LogP contribution < -0.4 is 5.32 Å². The summed E-state index contributed by atoms with van der Waals surface area (Å²) in [6.45, 7) is 5.04. The van der Waals surface area contributed by atoms with Crippen LogP contribution in [0.1, 0.15) is 50.9 Å². The lowest BCUT2D eigenvalue weighted by molar-refractivity contribution is 0.104. The standard InChI is InChI=1S/C12H20ClN3O/c1-8(2)16-11(9(13)7-15-16)12(17)10-5-3-4-6-14-10/h7-8,10,12,14,17H,3-6H2,1-2H3. The summed E-state index contributed by atoms with van der Waals surface area (Å²) in [5.41, 5.74) is 0.737. The minimum absolute atomic E-state index is 0.0930. The molecule has 1 saturated heterocycles. The second-order valence-corrected chi connectivity index (χ2v) is 5.32. The lowest BCUT2D eigenvalue weighted by Crippen LogP contribution is -2.39. The molecule has 1 aromatic rings. The summed E-state index contributed by atoms with van der Waals surface area (Å²) >= 11 is 6.13. The molecule has 2 atom stereocenters. The molecule has 2 N–H and O–H groups in total. The first-order valence-corrected chi connectivity index (χ1v) is 6.63. The van der Waals surface area contributed by atoms with E-state index in [1.54, 1.807) is 6.20 Å². The van der Waals surface area contributed by atoms with Crippen molar-refractivity contribution in [3.8, 4) is 0 Å². The Kier molecular flexibility index (Phi) is 4.07. The zero-order chi connectivity index (χ0) is 12.4. The van der Waals surface area contributed by atoms with Gasteiger partial charge in [0.1, 0.15) is 6.10 Å². The fourth-order valence-corrected chi connectivity index (χ4v) is 2.62. The lowest BCUT2D eigenvalue weighted by atomic mass is 9.98. The van der Waals surface area contributed by atoms with Gasteiger partial charge in [0, 0.05) is 12.1 Å². The molecule has 0 amide bonds. The molecule has 1 aliphatic heterocycles. The number of halogens is 1. The Morgan fingerprint density at radius 1 is 1.53 bits per heavy atom. The topological polar surface area (TPSA) is 50.1 Å². The number of nitrogens with zero attached hydrogens (tertiary/aromatic N) is 2. The van der Waals surface area contributed by atoms with Crippen molar-refractivity contribution in [1.29, 1.82) is 0 Å². The number of piperidine rings is 1. The van der Waals surface area contributed by atoms with Gasteiger partial charge in [-0.1, -0.05) is 18.0 Å². The molecule has 2 heterocycles. The number of aliphatic hydroxyl groups excluding tert-OH is 1. The molecule has 1 fully saturated rings. The number of aliphatic hydroxyl groups is 1. The fourth-order valence-electron chi connectivity index (χ4n) is 2.38. The van der Waals surface area contributed by atoms with Crippen molar-refractivity contribution < 1.29 is 5.11 Å². The van der Waals surface area contributed by atoms with Gasteiger partial charge in [-0.05, 0) is 33.2 Å². The average Bonchev–Trinajstić information content (AvgIpc) is 2.71. The molecular weight excluding hydrogens is 238 g/mol. The largest absolute Gasteiger partial charge is 0.385 e. The minimum Gasteiger partial charge on any atom is -0.385 e. The predicted octanol–water partition coefficient (Wildman–Crippen LogP) is 2.29. The molecule has 0 radical (unpaired) electrons. The van der Waals surface area contributed by atoms with Gasteiger partial charge in [-0.2, -0.15) is 5.10 Å². The molecule has 1 aliphatic rings. The molecule has 1 aromatic heterocycles. The highest BCUT2D eigenvalue weighted by molar-refractivity contribution is 6.31. The predicted molar refractivity (Wildman–Crippen MR) is 68.2 cm³/mol. The van der Waals surface area contributed by atoms with Gasteiger partial charge in [0.05, 0.1) is 16.9 Å². The van der Waals surface area contributed by atoms with Crippen molar-refractivity contribution >= 4 is 11.6 Å². The Hall–Kier alpha value is -0.580. The monoisotopic (exact) mass is 257 g/mol. The second kappa shape index (κ2) is 5.38. The number of hydrogen-bond donors (Lipinski definition) is 2. The first kappa shape index (κ1) is 12.9. The van der Waals surface area contributed by atoms with E-state index >= 15 is 0 Å². The van der Waals surface area contributed by atoms with Gasteiger partial charge in [0.25, 0.3) is 0 Å². The van der Waals surface area contributed by atoms with E-state index in [1.807, 2.05) is 18.5 Å². The van der Waals surface area contributed by atoms with Crippen molar-refractivity contribution in [3.63, 3.8) is 0 Å². The maximum Gasteiger partial charge on any atom is 0.112 e.